The topological polar surface area (TPSA) is 52.6 Å². The molecule has 0 aromatic carbocycles. The first-order valence-electron chi connectivity index (χ1n) is 7.61. The summed E-state index contributed by atoms with van der Waals surface area (Å²) in [5.74, 6) is 0. The third kappa shape index (κ3) is 3.50. The van der Waals surface area contributed by atoms with Crippen LogP contribution in [0.15, 0.2) is 0 Å². The van der Waals surface area contributed by atoms with Crippen LogP contribution in [-0.2, 0) is 18.8 Å². The van der Waals surface area contributed by atoms with Gasteiger partial charge in [0, 0.05) is 0 Å². The maximum atomic E-state index is 12.2. The Morgan fingerprint density at radius 3 is 1.37 bits per heavy atom. The van der Waals surface area contributed by atoms with Crippen LogP contribution in [-0.4, -0.2) is 19.6 Å². The Balaban J connectivity index is 2.05. The fourth-order valence-electron chi connectivity index (χ4n) is 3.48. The molecule has 2 rings (SSSR count). The molecule has 5 heteroatoms. The largest absolute Gasteiger partial charge is 0.400 e. The normalized spacial score (nSPS) is 25.8. The van der Waals surface area contributed by atoms with Crippen molar-refractivity contribution < 1.29 is 16.8 Å². The van der Waals surface area contributed by atoms with Crippen LogP contribution < -0.4 is 0 Å². The maximum absolute atomic E-state index is 12.2. The SMILES string of the molecule is CCC1(OS(=O)(=O)OC2(CC)CCCC2)CCCC1. The molecule has 0 heterocycles. The summed E-state index contributed by atoms with van der Waals surface area (Å²) >= 11 is 0. The molecule has 0 atom stereocenters. The lowest BCUT2D eigenvalue weighted by atomic mass is 10.00. The quantitative estimate of drug-likeness (QED) is 0.748. The van der Waals surface area contributed by atoms with Gasteiger partial charge >= 0.3 is 10.4 Å². The number of hydrogen-bond donors (Lipinski definition) is 0. The maximum Gasteiger partial charge on any atom is 0.400 e. The summed E-state index contributed by atoms with van der Waals surface area (Å²) in [5, 5.41) is 0. The average molecular weight is 290 g/mol. The van der Waals surface area contributed by atoms with E-state index < -0.39 is 21.6 Å². The Morgan fingerprint density at radius 1 is 0.789 bits per heavy atom. The second kappa shape index (κ2) is 5.70. The molecule has 0 bridgehead atoms. The summed E-state index contributed by atoms with van der Waals surface area (Å²) in [7, 11) is -3.89. The van der Waals surface area contributed by atoms with Crippen molar-refractivity contribution >= 4 is 10.4 Å². The summed E-state index contributed by atoms with van der Waals surface area (Å²) < 4.78 is 35.4. The van der Waals surface area contributed by atoms with Crippen LogP contribution in [0.25, 0.3) is 0 Å². The van der Waals surface area contributed by atoms with Crippen LogP contribution in [0.1, 0.15) is 78.1 Å². The highest BCUT2D eigenvalue weighted by atomic mass is 32.3. The first kappa shape index (κ1) is 15.3. The van der Waals surface area contributed by atoms with Crippen molar-refractivity contribution in [1.82, 2.24) is 0 Å². The molecule has 0 unspecified atom stereocenters. The van der Waals surface area contributed by atoms with E-state index in [9.17, 15) is 8.42 Å². The Bertz CT molecular complexity index is 358. The minimum absolute atomic E-state index is 0.508. The molecule has 2 fully saturated rings. The molecule has 2 aliphatic rings. The second-order valence-corrected chi connectivity index (χ2v) is 7.21. The van der Waals surface area contributed by atoms with Crippen molar-refractivity contribution in [1.29, 1.82) is 0 Å². The molecular formula is C14H26O4S. The van der Waals surface area contributed by atoms with Gasteiger partial charge in [0.05, 0.1) is 11.2 Å². The molecular weight excluding hydrogens is 264 g/mol. The molecule has 19 heavy (non-hydrogen) atoms. The predicted octanol–water partition coefficient (Wildman–Crippen LogP) is 3.71. The zero-order valence-corrected chi connectivity index (χ0v) is 12.9. The van der Waals surface area contributed by atoms with Gasteiger partial charge < -0.3 is 0 Å². The highest BCUT2D eigenvalue weighted by Gasteiger charge is 2.43. The first-order valence-corrected chi connectivity index (χ1v) is 8.94. The van der Waals surface area contributed by atoms with E-state index in [0.29, 0.717) is 0 Å². The van der Waals surface area contributed by atoms with E-state index >= 15 is 0 Å². The van der Waals surface area contributed by atoms with Gasteiger partial charge in [0.25, 0.3) is 0 Å². The standard InChI is InChI=1S/C14H26O4S/c1-3-13(9-5-6-10-13)17-19(15,16)18-14(4-2)11-7-8-12-14/h3-12H2,1-2H3. The van der Waals surface area contributed by atoms with Crippen LogP contribution >= 0.6 is 0 Å². The van der Waals surface area contributed by atoms with Crippen molar-refractivity contribution in [3.8, 4) is 0 Å². The Hall–Kier alpha value is -0.130. The van der Waals surface area contributed by atoms with E-state index in [1.54, 1.807) is 0 Å². The van der Waals surface area contributed by atoms with E-state index in [2.05, 4.69) is 0 Å². The van der Waals surface area contributed by atoms with Crippen molar-refractivity contribution in [3.63, 3.8) is 0 Å². The summed E-state index contributed by atoms with van der Waals surface area (Å²) in [5.41, 5.74) is -1.02. The van der Waals surface area contributed by atoms with Gasteiger partial charge in [-0.1, -0.05) is 39.5 Å². The lowest BCUT2D eigenvalue weighted by Crippen LogP contribution is -2.37. The van der Waals surface area contributed by atoms with Gasteiger partial charge in [0.15, 0.2) is 0 Å². The second-order valence-electron chi connectivity index (χ2n) is 6.06. The molecule has 0 radical (unpaired) electrons. The van der Waals surface area contributed by atoms with Crippen molar-refractivity contribution in [3.05, 3.63) is 0 Å². The summed E-state index contributed by atoms with van der Waals surface area (Å²) in [6, 6.07) is 0. The van der Waals surface area contributed by atoms with Gasteiger partial charge in [0.1, 0.15) is 0 Å². The van der Waals surface area contributed by atoms with Crippen molar-refractivity contribution in [2.75, 3.05) is 0 Å². The Kier molecular flexibility index (Phi) is 4.58. The smallest absolute Gasteiger partial charge is 0.242 e. The van der Waals surface area contributed by atoms with E-state index in [-0.39, 0.29) is 0 Å². The first-order chi connectivity index (χ1) is 8.95. The molecule has 112 valence electrons. The molecule has 2 saturated carbocycles. The van der Waals surface area contributed by atoms with Crippen LogP contribution in [0.3, 0.4) is 0 Å². The zero-order valence-electron chi connectivity index (χ0n) is 12.1. The number of rotatable bonds is 6. The minimum atomic E-state index is -3.89. The molecule has 0 amide bonds. The highest BCUT2D eigenvalue weighted by Crippen LogP contribution is 2.41. The Morgan fingerprint density at radius 2 is 1.11 bits per heavy atom. The van der Waals surface area contributed by atoms with Crippen molar-refractivity contribution in [2.24, 2.45) is 0 Å². The molecule has 4 nitrogen and oxygen atoms in total. The summed E-state index contributed by atoms with van der Waals surface area (Å²) in [6.45, 7) is 3.98. The van der Waals surface area contributed by atoms with E-state index in [0.717, 1.165) is 64.2 Å². The third-order valence-electron chi connectivity index (χ3n) is 4.88. The van der Waals surface area contributed by atoms with Crippen LogP contribution in [0.4, 0.5) is 0 Å². The lowest BCUT2D eigenvalue weighted by Gasteiger charge is -2.31. The lowest BCUT2D eigenvalue weighted by molar-refractivity contribution is 0.0104. The number of hydrogen-bond acceptors (Lipinski definition) is 4. The molecule has 0 N–H and O–H groups in total. The predicted molar refractivity (Wildman–Crippen MR) is 74.1 cm³/mol. The fraction of sp³-hybridized carbons (Fsp3) is 1.00. The zero-order chi connectivity index (χ0) is 14.0. The molecule has 0 aromatic heterocycles. The van der Waals surface area contributed by atoms with Gasteiger partial charge in [-0.15, -0.1) is 0 Å². The van der Waals surface area contributed by atoms with Gasteiger partial charge in [-0.25, -0.2) is 8.37 Å². The van der Waals surface area contributed by atoms with Crippen LogP contribution in [0.2, 0.25) is 0 Å². The molecule has 2 aliphatic carbocycles. The third-order valence-corrected chi connectivity index (χ3v) is 5.99. The fourth-order valence-corrected chi connectivity index (χ4v) is 4.95. The summed E-state index contributed by atoms with van der Waals surface area (Å²) in [6.07, 6.45) is 8.94. The Labute approximate surface area is 117 Å². The van der Waals surface area contributed by atoms with Crippen molar-refractivity contribution in [2.45, 2.75) is 89.3 Å². The molecule has 0 aromatic rings. The average Bonchev–Trinajstić information content (AvgIpc) is 2.99. The summed E-state index contributed by atoms with van der Waals surface area (Å²) in [4.78, 5) is 0. The molecule has 0 saturated heterocycles. The van der Waals surface area contributed by atoms with E-state index in [4.69, 9.17) is 8.37 Å². The van der Waals surface area contributed by atoms with Crippen LogP contribution in [0.5, 0.6) is 0 Å². The van der Waals surface area contributed by atoms with Gasteiger partial charge in [-0.3, -0.25) is 0 Å². The van der Waals surface area contributed by atoms with Gasteiger partial charge in [-0.2, -0.15) is 8.42 Å². The van der Waals surface area contributed by atoms with Gasteiger partial charge in [-0.05, 0) is 38.5 Å². The van der Waals surface area contributed by atoms with E-state index in [1.807, 2.05) is 13.8 Å². The monoisotopic (exact) mass is 290 g/mol. The molecule has 0 spiro atoms. The highest BCUT2D eigenvalue weighted by molar-refractivity contribution is 7.81. The van der Waals surface area contributed by atoms with Crippen LogP contribution in [0, 0.1) is 0 Å². The van der Waals surface area contributed by atoms with Gasteiger partial charge in [0.2, 0.25) is 0 Å². The molecule has 0 aliphatic heterocycles. The van der Waals surface area contributed by atoms with E-state index in [1.165, 1.54) is 0 Å². The minimum Gasteiger partial charge on any atom is -0.242 e.